The number of nitrogens with zero attached hydrogens (tertiary/aromatic N) is 2. The first-order valence-corrected chi connectivity index (χ1v) is 6.10. The minimum absolute atomic E-state index is 0.209. The number of methoxy groups -OCH3 is 1. The van der Waals surface area contributed by atoms with Crippen LogP contribution < -0.4 is 5.73 Å². The lowest BCUT2D eigenvalue weighted by Gasteiger charge is -2.00. The van der Waals surface area contributed by atoms with Crippen LogP contribution in [0.15, 0.2) is 6.20 Å². The van der Waals surface area contributed by atoms with Gasteiger partial charge in [-0.15, -0.1) is 0 Å². The van der Waals surface area contributed by atoms with Gasteiger partial charge in [-0.1, -0.05) is 32.6 Å². The number of aromatic nitrogens is 2. The average Bonchev–Trinajstić information content (AvgIpc) is 2.69. The van der Waals surface area contributed by atoms with Crippen molar-refractivity contribution in [2.45, 2.75) is 45.6 Å². The molecule has 0 saturated heterocycles. The zero-order valence-electron chi connectivity index (χ0n) is 10.6. The summed E-state index contributed by atoms with van der Waals surface area (Å²) in [6.07, 6.45) is 7.68. The van der Waals surface area contributed by atoms with Crippen molar-refractivity contribution in [1.82, 2.24) is 9.78 Å². The Bertz CT molecular complexity index is 361. The minimum atomic E-state index is -0.479. The zero-order valence-corrected chi connectivity index (χ0v) is 10.6. The fourth-order valence-electron chi connectivity index (χ4n) is 1.68. The molecule has 1 aromatic heterocycles. The predicted octanol–water partition coefficient (Wildman–Crippen LogP) is 2.22. The van der Waals surface area contributed by atoms with Crippen LogP contribution >= 0.6 is 0 Å². The summed E-state index contributed by atoms with van der Waals surface area (Å²) < 4.78 is 6.31. The maximum absolute atomic E-state index is 11.3. The van der Waals surface area contributed by atoms with Gasteiger partial charge in [0.1, 0.15) is 0 Å². The van der Waals surface area contributed by atoms with E-state index < -0.39 is 5.97 Å². The summed E-state index contributed by atoms with van der Waals surface area (Å²) in [4.78, 5) is 11.3. The van der Waals surface area contributed by atoms with Crippen LogP contribution in [-0.4, -0.2) is 22.9 Å². The Morgan fingerprint density at radius 2 is 2.12 bits per heavy atom. The summed E-state index contributed by atoms with van der Waals surface area (Å²) in [5.41, 5.74) is 6.27. The quantitative estimate of drug-likeness (QED) is 0.585. The third kappa shape index (κ3) is 4.09. The highest BCUT2D eigenvalue weighted by Crippen LogP contribution is 2.11. The van der Waals surface area contributed by atoms with Crippen LogP contribution in [0.25, 0.3) is 0 Å². The van der Waals surface area contributed by atoms with E-state index in [2.05, 4.69) is 16.8 Å². The number of rotatable bonds is 7. The molecule has 1 aromatic rings. The van der Waals surface area contributed by atoms with E-state index >= 15 is 0 Å². The van der Waals surface area contributed by atoms with Crippen molar-refractivity contribution in [1.29, 1.82) is 0 Å². The molecular weight excluding hydrogens is 218 g/mol. The number of esters is 1. The number of hydrogen-bond acceptors (Lipinski definition) is 4. The van der Waals surface area contributed by atoms with Gasteiger partial charge in [0, 0.05) is 12.7 Å². The predicted molar refractivity (Wildman–Crippen MR) is 66.7 cm³/mol. The average molecular weight is 239 g/mol. The Kier molecular flexibility index (Phi) is 5.52. The summed E-state index contributed by atoms with van der Waals surface area (Å²) >= 11 is 0. The zero-order chi connectivity index (χ0) is 12.7. The standard InChI is InChI=1S/C12H21N3O2/c1-3-4-5-6-7-8-15-9-10(13)11(14-15)12(16)17-2/h9H,3-8,13H2,1-2H3. The number of hydrogen-bond donors (Lipinski definition) is 1. The fraction of sp³-hybridized carbons (Fsp3) is 0.667. The second-order valence-electron chi connectivity index (χ2n) is 4.10. The van der Waals surface area contributed by atoms with Crippen LogP contribution in [0, 0.1) is 0 Å². The van der Waals surface area contributed by atoms with Gasteiger partial charge in [0.15, 0.2) is 5.69 Å². The molecule has 1 rings (SSSR count). The van der Waals surface area contributed by atoms with Crippen molar-refractivity contribution >= 4 is 11.7 Å². The van der Waals surface area contributed by atoms with Crippen molar-refractivity contribution in [3.05, 3.63) is 11.9 Å². The summed E-state index contributed by atoms with van der Waals surface area (Å²) in [7, 11) is 1.32. The summed E-state index contributed by atoms with van der Waals surface area (Å²) in [5.74, 6) is -0.479. The number of nitrogens with two attached hydrogens (primary N) is 1. The van der Waals surface area contributed by atoms with E-state index in [1.54, 1.807) is 10.9 Å². The highest BCUT2D eigenvalue weighted by molar-refractivity contribution is 5.92. The van der Waals surface area contributed by atoms with Crippen LogP contribution in [0.2, 0.25) is 0 Å². The molecular formula is C12H21N3O2. The highest BCUT2D eigenvalue weighted by atomic mass is 16.5. The topological polar surface area (TPSA) is 70.1 Å². The monoisotopic (exact) mass is 239 g/mol. The molecule has 0 aliphatic carbocycles. The Balaban J connectivity index is 2.42. The Hall–Kier alpha value is -1.52. The van der Waals surface area contributed by atoms with Crippen LogP contribution in [0.1, 0.15) is 49.5 Å². The number of aryl methyl sites for hydroxylation is 1. The molecule has 5 nitrogen and oxygen atoms in total. The van der Waals surface area contributed by atoms with Gasteiger partial charge in [0.05, 0.1) is 12.8 Å². The van der Waals surface area contributed by atoms with Gasteiger partial charge in [-0.3, -0.25) is 4.68 Å². The number of unbranched alkanes of at least 4 members (excludes halogenated alkanes) is 4. The normalized spacial score (nSPS) is 10.5. The van der Waals surface area contributed by atoms with Gasteiger partial charge in [0.2, 0.25) is 0 Å². The summed E-state index contributed by atoms with van der Waals surface area (Å²) in [5, 5.41) is 4.12. The lowest BCUT2D eigenvalue weighted by atomic mass is 10.1. The Morgan fingerprint density at radius 3 is 2.76 bits per heavy atom. The molecule has 0 fully saturated rings. The molecule has 96 valence electrons. The Morgan fingerprint density at radius 1 is 1.41 bits per heavy atom. The van der Waals surface area contributed by atoms with Crippen LogP contribution in [0.3, 0.4) is 0 Å². The molecule has 0 spiro atoms. The third-order valence-corrected chi connectivity index (χ3v) is 2.66. The molecule has 17 heavy (non-hydrogen) atoms. The largest absolute Gasteiger partial charge is 0.464 e. The molecule has 0 bridgehead atoms. The fourth-order valence-corrected chi connectivity index (χ4v) is 1.68. The molecule has 0 saturated carbocycles. The number of carbonyl (C=O) groups is 1. The first kappa shape index (κ1) is 13.5. The van der Waals surface area contributed by atoms with Gasteiger partial charge in [0.25, 0.3) is 0 Å². The maximum Gasteiger partial charge on any atom is 0.360 e. The number of ether oxygens (including phenoxy) is 1. The summed E-state index contributed by atoms with van der Waals surface area (Å²) in [6.45, 7) is 2.99. The van der Waals surface area contributed by atoms with E-state index in [1.807, 2.05) is 0 Å². The SMILES string of the molecule is CCCCCCCn1cc(N)c(C(=O)OC)n1. The molecule has 2 N–H and O–H groups in total. The molecule has 0 radical (unpaired) electrons. The third-order valence-electron chi connectivity index (χ3n) is 2.66. The number of nitrogen functional groups attached to an aromatic ring is 1. The maximum atomic E-state index is 11.3. The second-order valence-corrected chi connectivity index (χ2v) is 4.10. The van der Waals surface area contributed by atoms with Gasteiger partial charge >= 0.3 is 5.97 Å². The van der Waals surface area contributed by atoms with E-state index in [1.165, 1.54) is 32.8 Å². The van der Waals surface area contributed by atoms with Crippen molar-refractivity contribution in [3.63, 3.8) is 0 Å². The molecule has 0 aliphatic rings. The van der Waals surface area contributed by atoms with E-state index in [0.717, 1.165) is 13.0 Å². The van der Waals surface area contributed by atoms with Crippen molar-refractivity contribution in [2.75, 3.05) is 12.8 Å². The molecule has 5 heteroatoms. The molecule has 0 amide bonds. The van der Waals surface area contributed by atoms with E-state index in [9.17, 15) is 4.79 Å². The first-order chi connectivity index (χ1) is 8.19. The van der Waals surface area contributed by atoms with Gasteiger partial charge in [-0.05, 0) is 6.42 Å². The van der Waals surface area contributed by atoms with Crippen LogP contribution in [-0.2, 0) is 11.3 Å². The smallest absolute Gasteiger partial charge is 0.360 e. The lowest BCUT2D eigenvalue weighted by Crippen LogP contribution is -2.06. The van der Waals surface area contributed by atoms with Crippen LogP contribution in [0.5, 0.6) is 0 Å². The second kappa shape index (κ2) is 6.93. The first-order valence-electron chi connectivity index (χ1n) is 6.10. The molecule has 0 aromatic carbocycles. The number of carbonyl (C=O) groups excluding carboxylic acids is 1. The molecule has 1 heterocycles. The number of anilines is 1. The molecule has 0 aliphatic heterocycles. The van der Waals surface area contributed by atoms with Gasteiger partial charge < -0.3 is 10.5 Å². The van der Waals surface area contributed by atoms with E-state index in [-0.39, 0.29) is 5.69 Å². The van der Waals surface area contributed by atoms with E-state index in [4.69, 9.17) is 5.73 Å². The van der Waals surface area contributed by atoms with Gasteiger partial charge in [-0.2, -0.15) is 5.10 Å². The lowest BCUT2D eigenvalue weighted by molar-refractivity contribution is 0.0594. The van der Waals surface area contributed by atoms with Crippen LogP contribution in [0.4, 0.5) is 5.69 Å². The van der Waals surface area contributed by atoms with E-state index in [0.29, 0.717) is 5.69 Å². The van der Waals surface area contributed by atoms with Crippen molar-refractivity contribution < 1.29 is 9.53 Å². The molecule has 0 unspecified atom stereocenters. The Labute approximate surface area is 102 Å². The summed E-state index contributed by atoms with van der Waals surface area (Å²) in [6, 6.07) is 0. The van der Waals surface area contributed by atoms with Crippen molar-refractivity contribution in [3.8, 4) is 0 Å². The van der Waals surface area contributed by atoms with Gasteiger partial charge in [-0.25, -0.2) is 4.79 Å². The minimum Gasteiger partial charge on any atom is -0.464 e. The highest BCUT2D eigenvalue weighted by Gasteiger charge is 2.14. The van der Waals surface area contributed by atoms with Crippen molar-refractivity contribution in [2.24, 2.45) is 0 Å². The molecule has 0 atom stereocenters.